The van der Waals surface area contributed by atoms with Crippen LogP contribution in [0.5, 0.6) is 11.5 Å². The van der Waals surface area contributed by atoms with Gasteiger partial charge >= 0.3 is 0 Å². The average molecular weight is 404 g/mol. The van der Waals surface area contributed by atoms with Crippen LogP contribution in [0.1, 0.15) is 32.0 Å². The zero-order valence-corrected chi connectivity index (χ0v) is 16.9. The van der Waals surface area contributed by atoms with Crippen LogP contribution in [0.25, 0.3) is 11.4 Å². The summed E-state index contributed by atoms with van der Waals surface area (Å²) in [5, 5.41) is 11.7. The van der Waals surface area contributed by atoms with Crippen LogP contribution in [-0.4, -0.2) is 32.9 Å². The maximum Gasteiger partial charge on any atom is 0.269 e. The van der Waals surface area contributed by atoms with Crippen molar-refractivity contribution >= 4 is 11.6 Å². The van der Waals surface area contributed by atoms with E-state index in [9.17, 15) is 4.79 Å². The Balaban J connectivity index is 1.30. The molecule has 0 spiro atoms. The van der Waals surface area contributed by atoms with Crippen LogP contribution in [0, 0.1) is 0 Å². The lowest BCUT2D eigenvalue weighted by molar-refractivity contribution is -0.128. The average Bonchev–Trinajstić information content (AvgIpc) is 3.01. The topological polar surface area (TPSA) is 78.3 Å². The quantitative estimate of drug-likeness (QED) is 0.718. The van der Waals surface area contributed by atoms with Gasteiger partial charge in [-0.15, -0.1) is 10.2 Å². The molecule has 0 radical (unpaired) electrons. The maximum atomic E-state index is 12.8. The van der Waals surface area contributed by atoms with Gasteiger partial charge in [0.2, 0.25) is 6.10 Å². The van der Waals surface area contributed by atoms with Crippen LogP contribution in [0.2, 0.25) is 0 Å². The summed E-state index contributed by atoms with van der Waals surface area (Å²) in [4.78, 5) is 12.8. The van der Waals surface area contributed by atoms with Crippen LogP contribution < -0.4 is 14.8 Å². The molecule has 0 saturated carbocycles. The Bertz CT molecular complexity index is 1060. The van der Waals surface area contributed by atoms with Gasteiger partial charge in [-0.05, 0) is 56.2 Å². The summed E-state index contributed by atoms with van der Waals surface area (Å²) >= 11 is 0. The molecule has 2 aliphatic rings. The third-order valence-corrected chi connectivity index (χ3v) is 5.62. The smallest absolute Gasteiger partial charge is 0.269 e. The highest BCUT2D eigenvalue weighted by molar-refractivity contribution is 5.95. The van der Waals surface area contributed by atoms with Gasteiger partial charge in [-0.3, -0.25) is 4.79 Å². The summed E-state index contributed by atoms with van der Waals surface area (Å²) in [6.45, 7) is 2.79. The van der Waals surface area contributed by atoms with Crippen molar-refractivity contribution in [2.45, 2.75) is 51.4 Å². The zero-order valence-electron chi connectivity index (χ0n) is 16.9. The first kappa shape index (κ1) is 18.7. The molecule has 1 N–H and O–H groups in total. The Morgan fingerprint density at radius 1 is 1.00 bits per heavy atom. The van der Waals surface area contributed by atoms with Crippen molar-refractivity contribution in [2.24, 2.45) is 0 Å². The van der Waals surface area contributed by atoms with E-state index in [4.69, 9.17) is 9.47 Å². The number of carbonyl (C=O) groups is 1. The summed E-state index contributed by atoms with van der Waals surface area (Å²) in [5.74, 6) is 2.95. The highest BCUT2D eigenvalue weighted by atomic mass is 16.6. The minimum Gasteiger partial charge on any atom is -0.482 e. The van der Waals surface area contributed by atoms with Crippen molar-refractivity contribution in [3.05, 3.63) is 54.4 Å². The molecule has 3 heterocycles. The number of nitrogens with zero attached hydrogens (tertiary/aromatic N) is 3. The molecular formula is C23H24N4O3. The summed E-state index contributed by atoms with van der Waals surface area (Å²) in [6, 6.07) is 15.1. The van der Waals surface area contributed by atoms with Crippen LogP contribution in [0.4, 0.5) is 5.69 Å². The van der Waals surface area contributed by atoms with Gasteiger partial charge in [-0.2, -0.15) is 0 Å². The molecular weight excluding hydrogens is 380 g/mol. The van der Waals surface area contributed by atoms with E-state index in [0.717, 1.165) is 36.6 Å². The van der Waals surface area contributed by atoms with Crippen molar-refractivity contribution in [3.63, 3.8) is 0 Å². The number of para-hydroxylation sites is 2. The lowest BCUT2D eigenvalue weighted by Crippen LogP contribution is -2.46. The lowest BCUT2D eigenvalue weighted by atomic mass is 10.1. The minimum atomic E-state index is -0.716. The molecule has 0 fully saturated rings. The van der Waals surface area contributed by atoms with E-state index in [1.807, 2.05) is 49.4 Å². The predicted molar refractivity (Wildman–Crippen MR) is 113 cm³/mol. The standard InChI is InChI=1S/C23H24N4O3/c1-15-21(30-19-8-5-4-7-18(19)29-15)23(28)24-17-12-10-16(11-13-17)22-26-25-20-9-3-2-6-14-27(20)22/h4-5,7-8,10-13,15,21H,2-3,6,9,14H2,1H3,(H,24,28). The van der Waals surface area contributed by atoms with Crippen molar-refractivity contribution < 1.29 is 14.3 Å². The van der Waals surface area contributed by atoms with Crippen molar-refractivity contribution in [1.29, 1.82) is 0 Å². The van der Waals surface area contributed by atoms with Crippen LogP contribution in [0.3, 0.4) is 0 Å². The second-order valence-corrected chi connectivity index (χ2v) is 7.78. The number of fused-ring (bicyclic) bond motifs is 2. The largest absolute Gasteiger partial charge is 0.482 e. The first-order valence-corrected chi connectivity index (χ1v) is 10.4. The fourth-order valence-electron chi connectivity index (χ4n) is 4.02. The number of aryl methyl sites for hydroxylation is 1. The third kappa shape index (κ3) is 3.51. The van der Waals surface area contributed by atoms with Gasteiger partial charge in [0, 0.05) is 24.2 Å². The predicted octanol–water partition coefficient (Wildman–Crippen LogP) is 3.84. The molecule has 2 atom stereocenters. The molecule has 5 rings (SSSR count). The molecule has 7 nitrogen and oxygen atoms in total. The fourth-order valence-corrected chi connectivity index (χ4v) is 4.02. The molecule has 154 valence electrons. The van der Waals surface area contributed by atoms with Crippen molar-refractivity contribution in [3.8, 4) is 22.9 Å². The normalized spacial score (nSPS) is 20.2. The highest BCUT2D eigenvalue weighted by Gasteiger charge is 2.34. The van der Waals surface area contributed by atoms with Gasteiger partial charge in [0.25, 0.3) is 5.91 Å². The van der Waals surface area contributed by atoms with E-state index in [1.165, 1.54) is 12.8 Å². The van der Waals surface area contributed by atoms with Crippen molar-refractivity contribution in [1.82, 2.24) is 14.8 Å². The van der Waals surface area contributed by atoms with E-state index in [-0.39, 0.29) is 12.0 Å². The lowest BCUT2D eigenvalue weighted by Gasteiger charge is -2.31. The Morgan fingerprint density at radius 2 is 1.77 bits per heavy atom. The maximum absolute atomic E-state index is 12.8. The number of rotatable bonds is 3. The van der Waals surface area contributed by atoms with Gasteiger partial charge in [-0.1, -0.05) is 18.6 Å². The number of nitrogens with one attached hydrogen (secondary N) is 1. The van der Waals surface area contributed by atoms with E-state index >= 15 is 0 Å². The van der Waals surface area contributed by atoms with Gasteiger partial charge in [0.05, 0.1) is 0 Å². The van der Waals surface area contributed by atoms with Crippen LogP contribution in [-0.2, 0) is 17.8 Å². The second kappa shape index (κ2) is 7.82. The molecule has 2 aromatic carbocycles. The summed E-state index contributed by atoms with van der Waals surface area (Å²) in [6.07, 6.45) is 3.42. The van der Waals surface area contributed by atoms with E-state index < -0.39 is 6.10 Å². The molecule has 0 bridgehead atoms. The van der Waals surface area contributed by atoms with Gasteiger partial charge in [0.15, 0.2) is 17.3 Å². The number of hydrogen-bond donors (Lipinski definition) is 1. The number of aromatic nitrogens is 3. The number of ether oxygens (including phenoxy) is 2. The molecule has 3 aromatic rings. The van der Waals surface area contributed by atoms with Gasteiger partial charge < -0.3 is 19.4 Å². The zero-order chi connectivity index (χ0) is 20.5. The summed E-state index contributed by atoms with van der Waals surface area (Å²) in [5.41, 5.74) is 1.70. The van der Waals surface area contributed by atoms with Gasteiger partial charge in [-0.25, -0.2) is 0 Å². The third-order valence-electron chi connectivity index (χ3n) is 5.62. The van der Waals surface area contributed by atoms with Crippen molar-refractivity contribution in [2.75, 3.05) is 5.32 Å². The Hall–Kier alpha value is -3.35. The molecule has 1 aromatic heterocycles. The number of benzene rings is 2. The summed E-state index contributed by atoms with van der Waals surface area (Å²) < 4.78 is 13.9. The molecule has 2 unspecified atom stereocenters. The molecule has 2 aliphatic heterocycles. The van der Waals surface area contributed by atoms with E-state index in [1.54, 1.807) is 6.07 Å². The number of amides is 1. The second-order valence-electron chi connectivity index (χ2n) is 7.78. The number of anilines is 1. The molecule has 7 heteroatoms. The first-order valence-electron chi connectivity index (χ1n) is 10.4. The SMILES string of the molecule is CC1Oc2ccccc2OC1C(=O)Nc1ccc(-c2nnc3n2CCCCC3)cc1. The van der Waals surface area contributed by atoms with Crippen LogP contribution in [0.15, 0.2) is 48.5 Å². The van der Waals surface area contributed by atoms with E-state index in [2.05, 4.69) is 20.1 Å². The molecule has 30 heavy (non-hydrogen) atoms. The minimum absolute atomic E-state index is 0.235. The highest BCUT2D eigenvalue weighted by Crippen LogP contribution is 2.33. The Morgan fingerprint density at radius 3 is 2.57 bits per heavy atom. The van der Waals surface area contributed by atoms with Crippen LogP contribution >= 0.6 is 0 Å². The molecule has 1 amide bonds. The number of hydrogen-bond acceptors (Lipinski definition) is 5. The van der Waals surface area contributed by atoms with Gasteiger partial charge in [0.1, 0.15) is 11.9 Å². The fraction of sp³-hybridized carbons (Fsp3) is 0.348. The summed E-state index contributed by atoms with van der Waals surface area (Å²) in [7, 11) is 0. The Kier molecular flexibility index (Phi) is 4.86. The number of carbonyl (C=O) groups excluding carboxylic acids is 1. The van der Waals surface area contributed by atoms with E-state index in [0.29, 0.717) is 17.2 Å². The molecule has 0 saturated heterocycles. The Labute approximate surface area is 175 Å². The first-order chi connectivity index (χ1) is 14.7. The molecule has 0 aliphatic carbocycles. The monoisotopic (exact) mass is 404 g/mol.